The molecular formula is C24H28FN5O3S. The van der Waals surface area contributed by atoms with Gasteiger partial charge in [0.15, 0.2) is 11.0 Å². The van der Waals surface area contributed by atoms with Gasteiger partial charge in [0.1, 0.15) is 11.6 Å². The van der Waals surface area contributed by atoms with Crippen molar-refractivity contribution in [2.75, 3.05) is 6.61 Å². The fourth-order valence-corrected chi connectivity index (χ4v) is 3.91. The molecule has 3 rings (SSSR count). The third-order valence-corrected chi connectivity index (χ3v) is 5.57. The highest BCUT2D eigenvalue weighted by Gasteiger charge is 2.25. The van der Waals surface area contributed by atoms with Gasteiger partial charge in [0.25, 0.3) is 0 Å². The van der Waals surface area contributed by atoms with Crippen LogP contribution in [0.5, 0.6) is 5.75 Å². The molecule has 0 radical (unpaired) electrons. The first kappa shape index (κ1) is 25.2. The molecule has 1 unspecified atom stereocenters. The zero-order chi connectivity index (χ0) is 24.9. The van der Waals surface area contributed by atoms with Gasteiger partial charge >= 0.3 is 6.03 Å². The number of nitrogens with one attached hydrogen (secondary N) is 2. The largest absolute Gasteiger partial charge is 0.494 e. The number of benzene rings is 2. The first-order chi connectivity index (χ1) is 16.1. The second-order valence-corrected chi connectivity index (χ2v) is 9.81. The predicted molar refractivity (Wildman–Crippen MR) is 130 cm³/mol. The normalized spacial score (nSPS) is 12.2. The van der Waals surface area contributed by atoms with Crippen molar-refractivity contribution in [3.63, 3.8) is 0 Å². The number of ether oxygens (including phenoxy) is 1. The van der Waals surface area contributed by atoms with Crippen LogP contribution in [0.25, 0.3) is 17.1 Å². The molecule has 0 aliphatic carbocycles. The summed E-state index contributed by atoms with van der Waals surface area (Å²) in [5.74, 6) is 0.154. The summed E-state index contributed by atoms with van der Waals surface area (Å²) in [5.41, 5.74) is 0.461. The molecule has 1 heterocycles. The maximum Gasteiger partial charge on any atom is 0.321 e. The van der Waals surface area contributed by atoms with Gasteiger partial charge in [0, 0.05) is 11.1 Å². The number of urea groups is 1. The van der Waals surface area contributed by atoms with E-state index in [1.807, 2.05) is 39.8 Å². The second-order valence-electron chi connectivity index (χ2n) is 8.50. The summed E-state index contributed by atoms with van der Waals surface area (Å²) in [4.78, 5) is 24.7. The molecule has 3 amide bonds. The number of rotatable bonds is 7. The lowest BCUT2D eigenvalue weighted by molar-refractivity contribution is -0.119. The molecular weight excluding hydrogens is 457 g/mol. The summed E-state index contributed by atoms with van der Waals surface area (Å²) < 4.78 is 21.8. The van der Waals surface area contributed by atoms with Crippen LogP contribution in [0.2, 0.25) is 0 Å². The lowest BCUT2D eigenvalue weighted by Gasteiger charge is -2.21. The van der Waals surface area contributed by atoms with Crippen molar-refractivity contribution in [3.05, 3.63) is 54.3 Å². The molecule has 10 heteroatoms. The highest BCUT2D eigenvalue weighted by atomic mass is 32.2. The van der Waals surface area contributed by atoms with Gasteiger partial charge in [-0.2, -0.15) is 0 Å². The van der Waals surface area contributed by atoms with Gasteiger partial charge in [-0.1, -0.05) is 23.9 Å². The zero-order valence-corrected chi connectivity index (χ0v) is 20.6. The van der Waals surface area contributed by atoms with Gasteiger partial charge in [-0.05, 0) is 71.0 Å². The van der Waals surface area contributed by atoms with E-state index in [1.54, 1.807) is 41.8 Å². The van der Waals surface area contributed by atoms with Crippen molar-refractivity contribution in [3.8, 4) is 22.8 Å². The monoisotopic (exact) mass is 485 g/mol. The van der Waals surface area contributed by atoms with Crippen LogP contribution < -0.4 is 15.4 Å². The molecule has 1 aromatic heterocycles. The Morgan fingerprint density at radius 3 is 2.41 bits per heavy atom. The molecule has 2 aromatic carbocycles. The number of carbonyl (C=O) groups excluding carboxylic acids is 2. The van der Waals surface area contributed by atoms with E-state index in [-0.39, 0.29) is 5.69 Å². The lowest BCUT2D eigenvalue weighted by atomic mass is 10.1. The molecule has 0 saturated carbocycles. The van der Waals surface area contributed by atoms with Gasteiger partial charge in [-0.3, -0.25) is 14.7 Å². The van der Waals surface area contributed by atoms with Crippen LogP contribution in [0.4, 0.5) is 9.18 Å². The number of imide groups is 1. The quantitative estimate of drug-likeness (QED) is 0.476. The molecule has 2 N–H and O–H groups in total. The minimum atomic E-state index is -0.700. The second kappa shape index (κ2) is 10.7. The molecule has 0 spiro atoms. The molecule has 0 aliphatic rings. The molecule has 0 saturated heterocycles. The Morgan fingerprint density at radius 2 is 1.79 bits per heavy atom. The molecule has 0 aliphatic heterocycles. The van der Waals surface area contributed by atoms with Crippen molar-refractivity contribution >= 4 is 23.7 Å². The van der Waals surface area contributed by atoms with E-state index in [0.717, 1.165) is 11.8 Å². The number of thioether (sulfide) groups is 1. The van der Waals surface area contributed by atoms with Gasteiger partial charge in [-0.15, -0.1) is 10.2 Å². The fraction of sp³-hybridized carbons (Fsp3) is 0.333. The van der Waals surface area contributed by atoms with Gasteiger partial charge in [0.2, 0.25) is 5.91 Å². The van der Waals surface area contributed by atoms with Crippen molar-refractivity contribution in [1.82, 2.24) is 25.4 Å². The first-order valence-electron chi connectivity index (χ1n) is 10.8. The zero-order valence-electron chi connectivity index (χ0n) is 19.8. The van der Waals surface area contributed by atoms with Crippen LogP contribution in [0, 0.1) is 5.82 Å². The average Bonchev–Trinajstić information content (AvgIpc) is 3.16. The molecule has 0 fully saturated rings. The summed E-state index contributed by atoms with van der Waals surface area (Å²) >= 11 is 1.07. The number of nitrogens with zero attached hydrogens (tertiary/aromatic N) is 3. The lowest BCUT2D eigenvalue weighted by Crippen LogP contribution is -2.49. The van der Waals surface area contributed by atoms with Crippen LogP contribution in [0.3, 0.4) is 0 Å². The standard InChI is InChI=1S/C24H28FN5O3S/c1-6-33-17-13-11-16(12-14-17)20-28-29-23(30(20)19-10-8-7-9-18(19)25)34-15(2)21(31)26-22(32)27-24(3,4)5/h7-15H,6H2,1-5H3,(H2,26,27,31,32). The Morgan fingerprint density at radius 1 is 1.12 bits per heavy atom. The molecule has 1 atom stereocenters. The van der Waals surface area contributed by atoms with E-state index in [4.69, 9.17) is 4.74 Å². The smallest absolute Gasteiger partial charge is 0.321 e. The topological polar surface area (TPSA) is 98.1 Å². The van der Waals surface area contributed by atoms with E-state index >= 15 is 0 Å². The summed E-state index contributed by atoms with van der Waals surface area (Å²) in [7, 11) is 0. The van der Waals surface area contributed by atoms with E-state index < -0.39 is 28.5 Å². The van der Waals surface area contributed by atoms with E-state index in [0.29, 0.717) is 28.9 Å². The fourth-order valence-electron chi connectivity index (χ4n) is 3.05. The highest BCUT2D eigenvalue weighted by Crippen LogP contribution is 2.31. The third kappa shape index (κ3) is 6.34. The van der Waals surface area contributed by atoms with Gasteiger partial charge < -0.3 is 10.1 Å². The minimum absolute atomic E-state index is 0.247. The molecule has 180 valence electrons. The molecule has 34 heavy (non-hydrogen) atoms. The summed E-state index contributed by atoms with van der Waals surface area (Å²) in [6.07, 6.45) is 0. The first-order valence-corrected chi connectivity index (χ1v) is 11.7. The van der Waals surface area contributed by atoms with Crippen molar-refractivity contribution in [1.29, 1.82) is 0 Å². The Bertz CT molecular complexity index is 1160. The van der Waals surface area contributed by atoms with E-state index in [2.05, 4.69) is 20.8 Å². The Hall–Kier alpha value is -3.40. The number of para-hydroxylation sites is 1. The van der Waals surface area contributed by atoms with Crippen molar-refractivity contribution in [2.45, 2.75) is 50.6 Å². The summed E-state index contributed by atoms with van der Waals surface area (Å²) in [6.45, 7) is 9.52. The number of hydrogen-bond donors (Lipinski definition) is 2. The maximum absolute atomic E-state index is 14.8. The van der Waals surface area contributed by atoms with Crippen LogP contribution >= 0.6 is 11.8 Å². The maximum atomic E-state index is 14.8. The van der Waals surface area contributed by atoms with Crippen LogP contribution in [-0.4, -0.2) is 44.1 Å². The third-order valence-electron chi connectivity index (χ3n) is 4.53. The number of aromatic nitrogens is 3. The SMILES string of the molecule is CCOc1ccc(-c2nnc(SC(C)C(=O)NC(=O)NC(C)(C)C)n2-c2ccccc2F)cc1. The summed E-state index contributed by atoms with van der Waals surface area (Å²) in [6, 6.07) is 12.9. The van der Waals surface area contributed by atoms with Crippen LogP contribution in [0.15, 0.2) is 53.7 Å². The van der Waals surface area contributed by atoms with Crippen molar-refractivity contribution in [2.24, 2.45) is 0 Å². The number of halogens is 1. The molecule has 3 aromatic rings. The summed E-state index contributed by atoms with van der Waals surface area (Å²) in [5, 5.41) is 13.1. The van der Waals surface area contributed by atoms with E-state index in [1.165, 1.54) is 6.07 Å². The average molecular weight is 486 g/mol. The number of hydrogen-bond acceptors (Lipinski definition) is 6. The van der Waals surface area contributed by atoms with Gasteiger partial charge in [-0.25, -0.2) is 9.18 Å². The van der Waals surface area contributed by atoms with Crippen LogP contribution in [-0.2, 0) is 4.79 Å². The van der Waals surface area contributed by atoms with Gasteiger partial charge in [0.05, 0.1) is 17.5 Å². The molecule has 0 bridgehead atoms. The van der Waals surface area contributed by atoms with Crippen molar-refractivity contribution < 1.29 is 18.7 Å². The Balaban J connectivity index is 1.91. The predicted octanol–water partition coefficient (Wildman–Crippen LogP) is 4.58. The number of amides is 3. The van der Waals surface area contributed by atoms with E-state index in [9.17, 15) is 14.0 Å². The molecule has 8 nitrogen and oxygen atoms in total. The minimum Gasteiger partial charge on any atom is -0.494 e. The highest BCUT2D eigenvalue weighted by molar-refractivity contribution is 8.00. The van der Waals surface area contributed by atoms with Crippen LogP contribution in [0.1, 0.15) is 34.6 Å². The Labute approximate surface area is 202 Å². The number of carbonyl (C=O) groups is 2. The Kier molecular flexibility index (Phi) is 7.93.